The summed E-state index contributed by atoms with van der Waals surface area (Å²) in [5, 5.41) is 10.5. The molecule has 224 valence electrons. The molecule has 2 fully saturated rings. The zero-order valence-corrected chi connectivity index (χ0v) is 25.1. The molecule has 0 saturated carbocycles. The quantitative estimate of drug-likeness (QED) is 0.357. The van der Waals surface area contributed by atoms with Gasteiger partial charge < -0.3 is 19.6 Å². The number of unbranched alkanes of at least 4 members (excludes halogenated alkanes) is 1. The predicted octanol–water partition coefficient (Wildman–Crippen LogP) is 2.10. The molecule has 1 unspecified atom stereocenters. The number of aliphatic carboxylic acids is 1. The molecule has 4 rings (SSSR count). The number of benzene rings is 1. The van der Waals surface area contributed by atoms with Crippen LogP contribution < -0.4 is 4.74 Å². The highest BCUT2D eigenvalue weighted by atomic mass is 32.2. The third-order valence-corrected chi connectivity index (χ3v) is 10.5. The van der Waals surface area contributed by atoms with Crippen LogP contribution in [0.2, 0.25) is 0 Å². The molecule has 3 atom stereocenters. The number of amides is 1. The van der Waals surface area contributed by atoms with E-state index < -0.39 is 28.0 Å². The lowest BCUT2D eigenvalue weighted by Crippen LogP contribution is -2.46. The Morgan fingerprint density at radius 2 is 1.93 bits per heavy atom. The molecule has 1 amide bonds. The first-order valence-electron chi connectivity index (χ1n) is 14.7. The standard InChI is InChI=1S/C29H46N4O6S/c1-4-5-13-31(14-6-12-30(2)3)27(34)21-32-20-24(22-8-9-26-23(19-22)11-17-39-26)28(29(35)36)25(32)10-16-33-15-7-18-40(33,37)38/h8-9,19,24-25,28H,4-7,10-18,20-21H2,1-3H3,(H,35,36)/t24-,25+,28?/m1/s1. The molecule has 3 aliphatic rings. The van der Waals surface area contributed by atoms with Crippen molar-refractivity contribution in [3.05, 3.63) is 29.3 Å². The molecule has 3 heterocycles. The first kappa shape index (κ1) is 30.7. The van der Waals surface area contributed by atoms with Crippen LogP contribution in [-0.2, 0) is 26.0 Å². The molecule has 0 aliphatic carbocycles. The Bertz CT molecular complexity index is 1140. The van der Waals surface area contributed by atoms with Gasteiger partial charge in [-0.3, -0.25) is 14.5 Å². The highest BCUT2D eigenvalue weighted by Gasteiger charge is 2.47. The van der Waals surface area contributed by atoms with Gasteiger partial charge >= 0.3 is 5.97 Å². The van der Waals surface area contributed by atoms with Crippen LogP contribution in [0.4, 0.5) is 0 Å². The Hall–Kier alpha value is -2.21. The lowest BCUT2D eigenvalue weighted by molar-refractivity contribution is -0.143. The second-order valence-electron chi connectivity index (χ2n) is 11.7. The van der Waals surface area contributed by atoms with Gasteiger partial charge in [0.2, 0.25) is 15.9 Å². The van der Waals surface area contributed by atoms with Gasteiger partial charge in [-0.05, 0) is 63.5 Å². The monoisotopic (exact) mass is 578 g/mol. The van der Waals surface area contributed by atoms with Crippen LogP contribution in [0, 0.1) is 5.92 Å². The van der Waals surface area contributed by atoms with Gasteiger partial charge in [-0.1, -0.05) is 25.5 Å². The van der Waals surface area contributed by atoms with E-state index in [1.54, 1.807) is 0 Å². The van der Waals surface area contributed by atoms with Crippen molar-refractivity contribution in [2.75, 3.05) is 72.3 Å². The summed E-state index contributed by atoms with van der Waals surface area (Å²) in [7, 11) is 0.741. The normalized spacial score (nSPS) is 24.4. The SMILES string of the molecule is CCCCN(CCCN(C)C)C(=O)CN1C[C@H](c2ccc3c(c2)CCO3)C(C(=O)O)[C@@H]1CCN1CCCS1(=O)=O. The second kappa shape index (κ2) is 13.6. The summed E-state index contributed by atoms with van der Waals surface area (Å²) >= 11 is 0. The molecule has 1 N–H and O–H groups in total. The van der Waals surface area contributed by atoms with E-state index in [1.165, 1.54) is 4.31 Å². The van der Waals surface area contributed by atoms with Crippen molar-refractivity contribution in [1.82, 2.24) is 19.0 Å². The van der Waals surface area contributed by atoms with Crippen molar-refractivity contribution in [2.24, 2.45) is 5.92 Å². The van der Waals surface area contributed by atoms with Gasteiger partial charge in [0.15, 0.2) is 0 Å². The largest absolute Gasteiger partial charge is 0.493 e. The Morgan fingerprint density at radius 3 is 2.60 bits per heavy atom. The lowest BCUT2D eigenvalue weighted by atomic mass is 9.83. The number of hydrogen-bond acceptors (Lipinski definition) is 7. The number of sulfonamides is 1. The molecule has 3 aliphatic heterocycles. The number of nitrogens with zero attached hydrogens (tertiary/aromatic N) is 4. The van der Waals surface area contributed by atoms with Gasteiger partial charge in [0.1, 0.15) is 5.75 Å². The number of fused-ring (bicyclic) bond motifs is 1. The Labute approximate surface area is 239 Å². The third kappa shape index (κ3) is 7.35. The minimum Gasteiger partial charge on any atom is -0.493 e. The fraction of sp³-hybridized carbons (Fsp3) is 0.724. The third-order valence-electron chi connectivity index (χ3n) is 8.56. The molecule has 1 aromatic carbocycles. The molecule has 10 nitrogen and oxygen atoms in total. The van der Waals surface area contributed by atoms with Gasteiger partial charge in [0.25, 0.3) is 0 Å². The number of likely N-dealkylation sites (tertiary alicyclic amines) is 1. The van der Waals surface area contributed by atoms with Crippen molar-refractivity contribution < 1.29 is 27.9 Å². The Balaban J connectivity index is 1.57. The summed E-state index contributed by atoms with van der Waals surface area (Å²) in [5.41, 5.74) is 2.03. The highest BCUT2D eigenvalue weighted by molar-refractivity contribution is 7.89. The van der Waals surface area contributed by atoms with Gasteiger partial charge in [0, 0.05) is 51.1 Å². The smallest absolute Gasteiger partial charge is 0.308 e. The maximum atomic E-state index is 13.7. The molecule has 40 heavy (non-hydrogen) atoms. The van der Waals surface area contributed by atoms with E-state index >= 15 is 0 Å². The van der Waals surface area contributed by atoms with Gasteiger partial charge in [-0.2, -0.15) is 0 Å². The number of hydrogen-bond donors (Lipinski definition) is 1. The molecule has 0 radical (unpaired) electrons. The van der Waals surface area contributed by atoms with Crippen molar-refractivity contribution >= 4 is 21.9 Å². The minimum absolute atomic E-state index is 0.0122. The molecule has 0 spiro atoms. The number of carboxylic acids is 1. The van der Waals surface area contributed by atoms with Crippen LogP contribution in [0.5, 0.6) is 5.75 Å². The summed E-state index contributed by atoms with van der Waals surface area (Å²) in [6.07, 6.45) is 4.54. The van der Waals surface area contributed by atoms with Crippen LogP contribution >= 0.6 is 0 Å². The van der Waals surface area contributed by atoms with Crippen molar-refractivity contribution in [3.8, 4) is 5.75 Å². The fourth-order valence-electron chi connectivity index (χ4n) is 6.41. The number of carboxylic acid groups (broad SMARTS) is 1. The van der Waals surface area contributed by atoms with Crippen LogP contribution in [0.1, 0.15) is 56.1 Å². The predicted molar refractivity (Wildman–Crippen MR) is 154 cm³/mol. The maximum Gasteiger partial charge on any atom is 0.308 e. The molecule has 0 aromatic heterocycles. The van der Waals surface area contributed by atoms with Crippen LogP contribution in [0.25, 0.3) is 0 Å². The van der Waals surface area contributed by atoms with Gasteiger partial charge in [-0.25, -0.2) is 12.7 Å². The van der Waals surface area contributed by atoms with Crippen molar-refractivity contribution in [1.29, 1.82) is 0 Å². The van der Waals surface area contributed by atoms with Crippen LogP contribution in [-0.4, -0.2) is 123 Å². The van der Waals surface area contributed by atoms with E-state index in [-0.39, 0.29) is 30.7 Å². The summed E-state index contributed by atoms with van der Waals surface area (Å²) in [4.78, 5) is 32.5. The summed E-state index contributed by atoms with van der Waals surface area (Å²) < 4.78 is 32.1. The van der Waals surface area contributed by atoms with E-state index in [4.69, 9.17) is 4.74 Å². The number of carbonyl (C=O) groups is 2. The zero-order chi connectivity index (χ0) is 28.9. The Kier molecular flexibility index (Phi) is 10.5. The van der Waals surface area contributed by atoms with E-state index in [0.29, 0.717) is 45.6 Å². The lowest BCUT2D eigenvalue weighted by Gasteiger charge is -2.30. The summed E-state index contributed by atoms with van der Waals surface area (Å²) in [6, 6.07) is 5.49. The fourth-order valence-corrected chi connectivity index (χ4v) is 7.95. The second-order valence-corrected chi connectivity index (χ2v) is 13.8. The van der Waals surface area contributed by atoms with Gasteiger partial charge in [-0.15, -0.1) is 0 Å². The molecular formula is C29H46N4O6S. The van der Waals surface area contributed by atoms with Crippen molar-refractivity contribution in [3.63, 3.8) is 0 Å². The zero-order valence-electron chi connectivity index (χ0n) is 24.3. The number of rotatable bonds is 14. The minimum atomic E-state index is -3.30. The van der Waals surface area contributed by atoms with E-state index in [2.05, 4.69) is 17.9 Å². The highest BCUT2D eigenvalue weighted by Crippen LogP contribution is 2.41. The molecular weight excluding hydrogens is 532 g/mol. The summed E-state index contributed by atoms with van der Waals surface area (Å²) in [5.74, 6) is -0.939. The molecule has 2 saturated heterocycles. The van der Waals surface area contributed by atoms with E-state index in [0.717, 1.165) is 49.1 Å². The number of ether oxygens (including phenoxy) is 1. The summed E-state index contributed by atoms with van der Waals surface area (Å²) in [6.45, 7) is 6.29. The molecule has 0 bridgehead atoms. The van der Waals surface area contributed by atoms with E-state index in [1.807, 2.05) is 36.0 Å². The van der Waals surface area contributed by atoms with Crippen LogP contribution in [0.15, 0.2) is 18.2 Å². The van der Waals surface area contributed by atoms with Crippen molar-refractivity contribution in [2.45, 2.75) is 57.4 Å². The Morgan fingerprint density at radius 1 is 1.15 bits per heavy atom. The molecule has 11 heteroatoms. The first-order valence-corrected chi connectivity index (χ1v) is 16.3. The topological polar surface area (TPSA) is 111 Å². The van der Waals surface area contributed by atoms with Gasteiger partial charge in [0.05, 0.1) is 24.8 Å². The van der Waals surface area contributed by atoms with Crippen LogP contribution in [0.3, 0.4) is 0 Å². The average Bonchev–Trinajstić information content (AvgIpc) is 3.60. The average molecular weight is 579 g/mol. The maximum absolute atomic E-state index is 13.7. The van der Waals surface area contributed by atoms with E-state index in [9.17, 15) is 23.1 Å². The first-order chi connectivity index (χ1) is 19.1. The number of carbonyl (C=O) groups excluding carboxylic acids is 1. The molecule has 1 aromatic rings.